The Morgan fingerprint density at radius 3 is 2.88 bits per heavy atom. The summed E-state index contributed by atoms with van der Waals surface area (Å²) in [5.41, 5.74) is 7.91. The third-order valence-corrected chi connectivity index (χ3v) is 2.80. The van der Waals surface area contributed by atoms with Crippen molar-refractivity contribution in [3.63, 3.8) is 0 Å². The van der Waals surface area contributed by atoms with Crippen LogP contribution in [0.4, 0.5) is 5.82 Å². The van der Waals surface area contributed by atoms with Crippen molar-refractivity contribution in [3.05, 3.63) is 48.6 Å². The van der Waals surface area contributed by atoms with Crippen molar-refractivity contribution >= 4 is 16.7 Å². The zero-order chi connectivity index (χ0) is 12.3. The summed E-state index contributed by atoms with van der Waals surface area (Å²) >= 11 is 0. The Hall–Kier alpha value is -1.87. The van der Waals surface area contributed by atoms with Crippen LogP contribution in [0.25, 0.3) is 10.9 Å². The van der Waals surface area contributed by atoms with Gasteiger partial charge in [0.25, 0.3) is 0 Å². The van der Waals surface area contributed by atoms with Gasteiger partial charge >= 0.3 is 0 Å². The molecule has 3 nitrogen and oxygen atoms in total. The van der Waals surface area contributed by atoms with Crippen molar-refractivity contribution < 1.29 is 0 Å². The third-order valence-electron chi connectivity index (χ3n) is 2.80. The number of rotatable bonds is 4. The molecule has 1 aromatic carbocycles. The summed E-state index contributed by atoms with van der Waals surface area (Å²) in [6, 6.07) is 10.1. The van der Waals surface area contributed by atoms with Gasteiger partial charge in [0.2, 0.25) is 0 Å². The van der Waals surface area contributed by atoms with Gasteiger partial charge in [0.1, 0.15) is 5.82 Å². The number of anilines is 1. The summed E-state index contributed by atoms with van der Waals surface area (Å²) in [4.78, 5) is 6.68. The van der Waals surface area contributed by atoms with Crippen LogP contribution in [0, 0.1) is 0 Å². The molecule has 0 radical (unpaired) electrons. The van der Waals surface area contributed by atoms with Gasteiger partial charge in [-0.25, -0.2) is 4.98 Å². The maximum Gasteiger partial charge on any atom is 0.129 e. The van der Waals surface area contributed by atoms with Gasteiger partial charge in [0.05, 0.1) is 5.52 Å². The first-order valence-electron chi connectivity index (χ1n) is 5.67. The second kappa shape index (κ2) is 4.97. The lowest BCUT2D eigenvalue weighted by molar-refractivity contribution is 0.988. The lowest BCUT2D eigenvalue weighted by atomic mass is 10.1. The number of nitrogens with zero attached hydrogens (tertiary/aromatic N) is 2. The highest BCUT2D eigenvalue weighted by atomic mass is 15.2. The normalized spacial score (nSPS) is 10.5. The maximum absolute atomic E-state index is 5.79. The number of benzene rings is 1. The van der Waals surface area contributed by atoms with E-state index in [1.54, 1.807) is 0 Å². The van der Waals surface area contributed by atoms with E-state index in [4.69, 9.17) is 5.73 Å². The molecule has 2 rings (SSSR count). The first-order valence-corrected chi connectivity index (χ1v) is 5.67. The molecular weight excluding hydrogens is 210 g/mol. The van der Waals surface area contributed by atoms with Crippen LogP contribution in [0.2, 0.25) is 0 Å². The largest absolute Gasteiger partial charge is 0.356 e. The van der Waals surface area contributed by atoms with E-state index in [1.165, 1.54) is 0 Å². The minimum atomic E-state index is 0.526. The van der Waals surface area contributed by atoms with Crippen LogP contribution in [-0.4, -0.2) is 18.6 Å². The van der Waals surface area contributed by atoms with Crippen LogP contribution in [0.3, 0.4) is 0 Å². The molecule has 0 fully saturated rings. The zero-order valence-electron chi connectivity index (χ0n) is 10.1. The molecular formula is C14H17N3. The molecule has 0 amide bonds. The Kier molecular flexibility index (Phi) is 3.40. The Labute approximate surface area is 102 Å². The fraction of sp³-hybridized carbons (Fsp3) is 0.214. The van der Waals surface area contributed by atoms with E-state index >= 15 is 0 Å². The standard InChI is InChI=1S/C14H17N3/c1-3-8-17(2)14-9-11(10-15)12-6-4-5-7-13(12)16-14/h3-7,9H,1,8,10,15H2,2H3. The minimum Gasteiger partial charge on any atom is -0.356 e. The van der Waals surface area contributed by atoms with E-state index < -0.39 is 0 Å². The fourth-order valence-corrected chi connectivity index (χ4v) is 1.88. The van der Waals surface area contributed by atoms with Gasteiger partial charge < -0.3 is 10.6 Å². The van der Waals surface area contributed by atoms with Gasteiger partial charge in [0, 0.05) is 25.5 Å². The number of fused-ring (bicyclic) bond motifs is 1. The minimum absolute atomic E-state index is 0.526. The molecule has 2 N–H and O–H groups in total. The second-order valence-corrected chi connectivity index (χ2v) is 4.03. The molecule has 1 aromatic heterocycles. The Morgan fingerprint density at radius 1 is 1.41 bits per heavy atom. The van der Waals surface area contributed by atoms with Gasteiger partial charge in [-0.3, -0.25) is 0 Å². The average molecular weight is 227 g/mol. The van der Waals surface area contributed by atoms with Gasteiger partial charge in [-0.05, 0) is 17.7 Å². The molecule has 3 heteroatoms. The van der Waals surface area contributed by atoms with Crippen LogP contribution in [0.1, 0.15) is 5.56 Å². The third kappa shape index (κ3) is 2.29. The number of pyridine rings is 1. The molecule has 0 atom stereocenters. The lowest BCUT2D eigenvalue weighted by Gasteiger charge is -2.17. The topological polar surface area (TPSA) is 42.1 Å². The summed E-state index contributed by atoms with van der Waals surface area (Å²) in [7, 11) is 2.00. The van der Waals surface area contributed by atoms with Gasteiger partial charge in [0.15, 0.2) is 0 Å². The van der Waals surface area contributed by atoms with Crippen LogP contribution >= 0.6 is 0 Å². The first-order chi connectivity index (χ1) is 8.26. The molecule has 88 valence electrons. The van der Waals surface area contributed by atoms with Crippen molar-refractivity contribution in [1.82, 2.24) is 4.98 Å². The lowest BCUT2D eigenvalue weighted by Crippen LogP contribution is -2.18. The number of nitrogens with two attached hydrogens (primary N) is 1. The summed E-state index contributed by atoms with van der Waals surface area (Å²) in [6.45, 7) is 5.04. The van der Waals surface area contributed by atoms with Crippen molar-refractivity contribution in [2.24, 2.45) is 5.73 Å². The van der Waals surface area contributed by atoms with E-state index in [0.29, 0.717) is 6.54 Å². The molecule has 0 bridgehead atoms. The highest BCUT2D eigenvalue weighted by Gasteiger charge is 2.06. The highest BCUT2D eigenvalue weighted by Crippen LogP contribution is 2.21. The fourth-order valence-electron chi connectivity index (χ4n) is 1.88. The molecule has 0 spiro atoms. The number of hydrogen-bond acceptors (Lipinski definition) is 3. The van der Waals surface area contributed by atoms with Crippen molar-refractivity contribution in [2.75, 3.05) is 18.5 Å². The molecule has 0 aliphatic carbocycles. The molecule has 0 aliphatic rings. The molecule has 0 saturated heterocycles. The number of hydrogen-bond donors (Lipinski definition) is 1. The Morgan fingerprint density at radius 2 is 2.18 bits per heavy atom. The quantitative estimate of drug-likeness (QED) is 0.815. The van der Waals surface area contributed by atoms with Crippen molar-refractivity contribution in [1.29, 1.82) is 0 Å². The smallest absolute Gasteiger partial charge is 0.129 e. The zero-order valence-corrected chi connectivity index (χ0v) is 10.1. The van der Waals surface area contributed by atoms with Gasteiger partial charge in [-0.2, -0.15) is 0 Å². The van der Waals surface area contributed by atoms with E-state index in [0.717, 1.165) is 28.8 Å². The molecule has 0 unspecified atom stereocenters. The summed E-state index contributed by atoms with van der Waals surface area (Å²) in [6.07, 6.45) is 1.86. The van der Waals surface area contributed by atoms with Crippen molar-refractivity contribution in [3.8, 4) is 0 Å². The monoisotopic (exact) mass is 227 g/mol. The predicted octanol–water partition coefficient (Wildman–Crippen LogP) is 2.32. The number of aromatic nitrogens is 1. The summed E-state index contributed by atoms with van der Waals surface area (Å²) < 4.78 is 0. The highest BCUT2D eigenvalue weighted by molar-refractivity contribution is 5.84. The second-order valence-electron chi connectivity index (χ2n) is 4.03. The molecule has 17 heavy (non-hydrogen) atoms. The van der Waals surface area contributed by atoms with Crippen molar-refractivity contribution in [2.45, 2.75) is 6.54 Å². The molecule has 0 aliphatic heterocycles. The Bertz CT molecular complexity index is 534. The molecule has 1 heterocycles. The van der Waals surface area contributed by atoms with Gasteiger partial charge in [-0.1, -0.05) is 24.3 Å². The van der Waals surface area contributed by atoms with E-state index in [9.17, 15) is 0 Å². The molecule has 0 saturated carbocycles. The van der Waals surface area contributed by atoms with E-state index in [1.807, 2.05) is 37.4 Å². The number of likely N-dealkylation sites (N-methyl/N-ethyl adjacent to an activating group) is 1. The van der Waals surface area contributed by atoms with E-state index in [-0.39, 0.29) is 0 Å². The molecule has 2 aromatic rings. The van der Waals surface area contributed by atoms with Crippen LogP contribution in [-0.2, 0) is 6.54 Å². The maximum atomic E-state index is 5.79. The first kappa shape index (κ1) is 11.6. The SMILES string of the molecule is C=CCN(C)c1cc(CN)c2ccccc2n1. The Balaban J connectivity index is 2.55. The summed E-state index contributed by atoms with van der Waals surface area (Å²) in [5.74, 6) is 0.934. The van der Waals surface area contributed by atoms with Crippen LogP contribution in [0.15, 0.2) is 43.0 Å². The van der Waals surface area contributed by atoms with Crippen LogP contribution in [0.5, 0.6) is 0 Å². The number of para-hydroxylation sites is 1. The summed E-state index contributed by atoms with van der Waals surface area (Å²) in [5, 5.41) is 1.13. The predicted molar refractivity (Wildman–Crippen MR) is 73.1 cm³/mol. The van der Waals surface area contributed by atoms with E-state index in [2.05, 4.69) is 22.5 Å². The van der Waals surface area contributed by atoms with Crippen LogP contribution < -0.4 is 10.6 Å². The van der Waals surface area contributed by atoms with Gasteiger partial charge in [-0.15, -0.1) is 6.58 Å². The average Bonchev–Trinajstić information content (AvgIpc) is 2.37.